The number of ether oxygens (including phenoxy) is 2. The summed E-state index contributed by atoms with van der Waals surface area (Å²) in [5.74, 6) is 2.49. The van der Waals surface area contributed by atoms with Crippen LogP contribution in [0.15, 0.2) is 46.2 Å². The summed E-state index contributed by atoms with van der Waals surface area (Å²) in [6.45, 7) is 7.98. The minimum absolute atomic E-state index is 0.0133. The van der Waals surface area contributed by atoms with Crippen molar-refractivity contribution in [3.8, 4) is 16.3 Å². The highest BCUT2D eigenvalue weighted by molar-refractivity contribution is 7.13. The molecule has 8 heteroatoms. The molecule has 0 radical (unpaired) electrons. The molecule has 2 aromatic heterocycles. The summed E-state index contributed by atoms with van der Waals surface area (Å²) in [7, 11) is 0. The largest absolute Gasteiger partial charge is 0.493 e. The molecular weight excluding hydrogens is 426 g/mol. The fourth-order valence-corrected chi connectivity index (χ4v) is 4.65. The van der Waals surface area contributed by atoms with Gasteiger partial charge in [-0.05, 0) is 38.1 Å². The normalized spacial score (nSPS) is 15.4. The Kier molecular flexibility index (Phi) is 7.57. The maximum atomic E-state index is 12.7. The van der Waals surface area contributed by atoms with Crippen molar-refractivity contribution in [1.82, 2.24) is 15.2 Å². The Morgan fingerprint density at radius 3 is 2.81 bits per heavy atom. The molecule has 1 aliphatic heterocycles. The number of aromatic nitrogens is 1. The van der Waals surface area contributed by atoms with Gasteiger partial charge in [0.25, 0.3) is 0 Å². The van der Waals surface area contributed by atoms with Crippen molar-refractivity contribution >= 4 is 17.2 Å². The molecule has 1 aromatic carbocycles. The third kappa shape index (κ3) is 5.56. The number of para-hydroxylation sites is 1. The van der Waals surface area contributed by atoms with Crippen LogP contribution in [0.1, 0.15) is 30.2 Å². The first-order valence-electron chi connectivity index (χ1n) is 11.0. The Labute approximate surface area is 192 Å². The number of hydrogen-bond acceptors (Lipinski definition) is 7. The maximum absolute atomic E-state index is 12.7. The van der Waals surface area contributed by atoms with E-state index in [0.717, 1.165) is 46.6 Å². The van der Waals surface area contributed by atoms with Crippen LogP contribution in [0.4, 0.5) is 0 Å². The lowest BCUT2D eigenvalue weighted by Gasteiger charge is -2.33. The van der Waals surface area contributed by atoms with Gasteiger partial charge in [-0.1, -0.05) is 12.1 Å². The van der Waals surface area contributed by atoms with Crippen molar-refractivity contribution < 1.29 is 18.7 Å². The van der Waals surface area contributed by atoms with Crippen molar-refractivity contribution in [1.29, 1.82) is 0 Å². The summed E-state index contributed by atoms with van der Waals surface area (Å²) >= 11 is 1.52. The van der Waals surface area contributed by atoms with E-state index in [2.05, 4.69) is 15.2 Å². The fourth-order valence-electron chi connectivity index (χ4n) is 3.81. The lowest BCUT2D eigenvalue weighted by atomic mass is 10.1. The number of hydrogen-bond donors (Lipinski definition) is 1. The second kappa shape index (κ2) is 10.8. The average molecular weight is 456 g/mol. The van der Waals surface area contributed by atoms with E-state index in [1.807, 2.05) is 55.6 Å². The lowest BCUT2D eigenvalue weighted by Crippen LogP contribution is -2.44. The van der Waals surface area contributed by atoms with Gasteiger partial charge in [0, 0.05) is 25.0 Å². The second-order valence-corrected chi connectivity index (χ2v) is 8.52. The molecule has 0 aliphatic carbocycles. The Hall–Kier alpha value is -2.68. The maximum Gasteiger partial charge on any atom is 0.226 e. The molecule has 1 aliphatic rings. The zero-order chi connectivity index (χ0) is 22.3. The predicted molar refractivity (Wildman–Crippen MR) is 124 cm³/mol. The van der Waals surface area contributed by atoms with Crippen LogP contribution in [0.5, 0.6) is 5.75 Å². The van der Waals surface area contributed by atoms with E-state index in [1.165, 1.54) is 11.3 Å². The minimum Gasteiger partial charge on any atom is -0.493 e. The zero-order valence-electron chi connectivity index (χ0n) is 18.5. The number of carbonyl (C=O) groups excluding carboxylic acids is 1. The number of thiazole rings is 1. The van der Waals surface area contributed by atoms with Crippen molar-refractivity contribution in [3.63, 3.8) is 0 Å². The summed E-state index contributed by atoms with van der Waals surface area (Å²) in [5.41, 5.74) is 1.71. The summed E-state index contributed by atoms with van der Waals surface area (Å²) in [6, 6.07) is 11.8. The molecule has 32 heavy (non-hydrogen) atoms. The number of aryl methyl sites for hydroxylation is 1. The molecule has 1 amide bonds. The molecule has 0 saturated carbocycles. The monoisotopic (exact) mass is 455 g/mol. The van der Waals surface area contributed by atoms with Gasteiger partial charge in [-0.15, -0.1) is 11.3 Å². The molecule has 4 rings (SSSR count). The minimum atomic E-state index is -0.0542. The topological polar surface area (TPSA) is 76.8 Å². The fraction of sp³-hybridized carbons (Fsp3) is 0.417. The highest BCUT2D eigenvalue weighted by Crippen LogP contribution is 2.32. The molecule has 1 fully saturated rings. The molecule has 1 unspecified atom stereocenters. The van der Waals surface area contributed by atoms with Crippen molar-refractivity contribution in [2.45, 2.75) is 26.3 Å². The van der Waals surface area contributed by atoms with Gasteiger partial charge in [0.2, 0.25) is 5.91 Å². The first-order valence-corrected chi connectivity index (χ1v) is 11.8. The predicted octanol–water partition coefficient (Wildman–Crippen LogP) is 3.84. The first kappa shape index (κ1) is 22.5. The molecule has 3 aromatic rings. The number of rotatable bonds is 9. The Balaban J connectivity index is 1.39. The van der Waals surface area contributed by atoms with Crippen molar-refractivity contribution in [2.24, 2.45) is 0 Å². The van der Waals surface area contributed by atoms with Crippen LogP contribution in [0.2, 0.25) is 0 Å². The molecular formula is C24H29N3O4S. The molecule has 1 atom stereocenters. The molecule has 7 nitrogen and oxygen atoms in total. The van der Waals surface area contributed by atoms with Crippen LogP contribution < -0.4 is 10.1 Å². The Morgan fingerprint density at radius 1 is 1.25 bits per heavy atom. The summed E-state index contributed by atoms with van der Waals surface area (Å²) in [5, 5.41) is 5.87. The number of furan rings is 1. The third-order valence-electron chi connectivity index (χ3n) is 5.38. The highest BCUT2D eigenvalue weighted by Gasteiger charge is 2.26. The van der Waals surface area contributed by atoms with Crippen LogP contribution in [0.3, 0.4) is 0 Å². The molecule has 3 heterocycles. The van der Waals surface area contributed by atoms with Crippen molar-refractivity contribution in [2.75, 3.05) is 39.5 Å². The van der Waals surface area contributed by atoms with E-state index in [-0.39, 0.29) is 18.4 Å². The standard InChI is InChI=1S/C24H29N3O4S/c1-3-30-21-7-5-4-6-19(21)24-26-18(16-32-24)14-23(28)25-15-20(22-9-8-17(2)31-22)27-10-12-29-13-11-27/h4-9,16,20H,3,10-15H2,1-2H3,(H,25,28). The van der Waals surface area contributed by atoms with Gasteiger partial charge >= 0.3 is 0 Å². The number of nitrogens with zero attached hydrogens (tertiary/aromatic N) is 2. The zero-order valence-corrected chi connectivity index (χ0v) is 19.3. The van der Waals surface area contributed by atoms with Gasteiger partial charge in [-0.3, -0.25) is 9.69 Å². The van der Waals surface area contributed by atoms with E-state index in [4.69, 9.17) is 13.9 Å². The molecule has 1 saturated heterocycles. The van der Waals surface area contributed by atoms with Crippen LogP contribution >= 0.6 is 11.3 Å². The smallest absolute Gasteiger partial charge is 0.226 e. The molecule has 170 valence electrons. The first-order chi connectivity index (χ1) is 15.6. The van der Waals surface area contributed by atoms with Crippen LogP contribution in [-0.2, 0) is 16.0 Å². The lowest BCUT2D eigenvalue weighted by molar-refractivity contribution is -0.120. The van der Waals surface area contributed by atoms with E-state index in [0.29, 0.717) is 26.4 Å². The van der Waals surface area contributed by atoms with E-state index in [9.17, 15) is 4.79 Å². The number of carbonyl (C=O) groups is 1. The molecule has 0 bridgehead atoms. The van der Waals surface area contributed by atoms with Gasteiger partial charge in [-0.25, -0.2) is 4.98 Å². The third-order valence-corrected chi connectivity index (χ3v) is 6.30. The summed E-state index contributed by atoms with van der Waals surface area (Å²) < 4.78 is 17.1. The highest BCUT2D eigenvalue weighted by atomic mass is 32.1. The van der Waals surface area contributed by atoms with E-state index >= 15 is 0 Å². The van der Waals surface area contributed by atoms with Crippen LogP contribution in [0, 0.1) is 6.92 Å². The number of morpholine rings is 1. The van der Waals surface area contributed by atoms with E-state index in [1.54, 1.807) is 0 Å². The summed E-state index contributed by atoms with van der Waals surface area (Å²) in [4.78, 5) is 19.7. The van der Waals surface area contributed by atoms with Gasteiger partial charge < -0.3 is 19.2 Å². The second-order valence-electron chi connectivity index (χ2n) is 7.67. The van der Waals surface area contributed by atoms with Gasteiger partial charge in [0.05, 0.1) is 43.5 Å². The SMILES string of the molecule is CCOc1ccccc1-c1nc(CC(=O)NCC(c2ccc(C)o2)N2CCOCC2)cs1. The summed E-state index contributed by atoms with van der Waals surface area (Å²) in [6.07, 6.45) is 0.236. The Bertz CT molecular complexity index is 1030. The quantitative estimate of drug-likeness (QED) is 0.528. The molecule has 0 spiro atoms. The molecule has 1 N–H and O–H groups in total. The van der Waals surface area contributed by atoms with Gasteiger partial charge in [-0.2, -0.15) is 0 Å². The van der Waals surface area contributed by atoms with Gasteiger partial charge in [0.1, 0.15) is 22.3 Å². The van der Waals surface area contributed by atoms with Crippen LogP contribution in [0.25, 0.3) is 10.6 Å². The van der Waals surface area contributed by atoms with Crippen LogP contribution in [-0.4, -0.2) is 55.2 Å². The number of nitrogens with one attached hydrogen (secondary N) is 1. The van der Waals surface area contributed by atoms with E-state index < -0.39 is 0 Å². The Morgan fingerprint density at radius 2 is 2.06 bits per heavy atom. The number of amides is 1. The van der Waals surface area contributed by atoms with Crippen molar-refractivity contribution in [3.05, 3.63) is 59.0 Å². The number of benzene rings is 1. The van der Waals surface area contributed by atoms with Gasteiger partial charge in [0.15, 0.2) is 0 Å². The average Bonchev–Trinajstić information content (AvgIpc) is 3.44.